The Bertz CT molecular complexity index is 524. The van der Waals surface area contributed by atoms with Crippen LogP contribution in [0, 0.1) is 5.82 Å². The van der Waals surface area contributed by atoms with Crippen LogP contribution < -0.4 is 10.6 Å². The van der Waals surface area contributed by atoms with E-state index in [1.165, 1.54) is 25.0 Å². The van der Waals surface area contributed by atoms with Gasteiger partial charge in [0, 0.05) is 23.5 Å². The molecule has 0 unspecified atom stereocenters. The van der Waals surface area contributed by atoms with Gasteiger partial charge in [0.2, 0.25) is 0 Å². The Balaban J connectivity index is 1.83. The first-order chi connectivity index (χ1) is 9.70. The fourth-order valence-electron chi connectivity index (χ4n) is 3.28. The number of nitrogens with zero attached hydrogens (tertiary/aromatic N) is 1. The van der Waals surface area contributed by atoms with E-state index < -0.39 is 0 Å². The van der Waals surface area contributed by atoms with Crippen molar-refractivity contribution < 1.29 is 4.39 Å². The molecule has 0 aromatic heterocycles. The molecule has 5 heteroatoms. The molecule has 108 valence electrons. The zero-order chi connectivity index (χ0) is 14.0. The van der Waals surface area contributed by atoms with Crippen molar-refractivity contribution in [1.29, 1.82) is 0 Å². The third-order valence-corrected chi connectivity index (χ3v) is 4.64. The van der Waals surface area contributed by atoms with E-state index in [1.54, 1.807) is 0 Å². The van der Waals surface area contributed by atoms with Gasteiger partial charge in [-0.2, -0.15) is 0 Å². The number of aliphatic imine (C=N–C) groups is 1. The normalized spacial score (nSPS) is 20.6. The second kappa shape index (κ2) is 5.60. The minimum Gasteiger partial charge on any atom is -0.356 e. The van der Waals surface area contributed by atoms with Crippen LogP contribution in [0.2, 0.25) is 5.02 Å². The lowest BCUT2D eigenvalue weighted by atomic mass is 9.78. The van der Waals surface area contributed by atoms with Crippen LogP contribution in [-0.2, 0) is 5.41 Å². The van der Waals surface area contributed by atoms with Gasteiger partial charge in [0.1, 0.15) is 5.82 Å². The molecular weight excluding hydrogens is 277 g/mol. The molecule has 1 aliphatic carbocycles. The van der Waals surface area contributed by atoms with E-state index in [0.29, 0.717) is 5.02 Å². The molecule has 1 aliphatic heterocycles. The van der Waals surface area contributed by atoms with Crippen molar-refractivity contribution in [3.8, 4) is 0 Å². The lowest BCUT2D eigenvalue weighted by Gasteiger charge is -2.31. The van der Waals surface area contributed by atoms with Gasteiger partial charge in [0.05, 0.1) is 6.54 Å². The number of halogens is 2. The second-order valence-electron chi connectivity index (χ2n) is 5.62. The van der Waals surface area contributed by atoms with Crippen molar-refractivity contribution in [1.82, 2.24) is 10.6 Å². The summed E-state index contributed by atoms with van der Waals surface area (Å²) >= 11 is 6.28. The summed E-state index contributed by atoms with van der Waals surface area (Å²) in [7, 11) is 0. The Morgan fingerprint density at radius 1 is 1.35 bits per heavy atom. The molecule has 3 rings (SSSR count). The SMILES string of the molecule is Fc1ccc(C2(CNC3=NCCN3)CCCC2)c(Cl)c1. The molecule has 1 aromatic carbocycles. The molecular formula is C15H19ClFN3. The van der Waals surface area contributed by atoms with Crippen molar-refractivity contribution in [2.24, 2.45) is 4.99 Å². The van der Waals surface area contributed by atoms with Crippen LogP contribution in [0.3, 0.4) is 0 Å². The predicted octanol–water partition coefficient (Wildman–Crippen LogP) is 2.84. The monoisotopic (exact) mass is 295 g/mol. The maximum absolute atomic E-state index is 13.3. The minimum absolute atomic E-state index is 0.00241. The molecule has 0 amide bonds. The fourth-order valence-corrected chi connectivity index (χ4v) is 3.65. The van der Waals surface area contributed by atoms with E-state index in [4.69, 9.17) is 11.6 Å². The summed E-state index contributed by atoms with van der Waals surface area (Å²) < 4.78 is 13.3. The van der Waals surface area contributed by atoms with E-state index in [2.05, 4.69) is 15.6 Å². The third-order valence-electron chi connectivity index (χ3n) is 4.33. The van der Waals surface area contributed by atoms with Crippen molar-refractivity contribution in [3.05, 3.63) is 34.6 Å². The highest BCUT2D eigenvalue weighted by atomic mass is 35.5. The van der Waals surface area contributed by atoms with Crippen molar-refractivity contribution in [2.45, 2.75) is 31.1 Å². The quantitative estimate of drug-likeness (QED) is 0.899. The van der Waals surface area contributed by atoms with Gasteiger partial charge in [-0.25, -0.2) is 4.39 Å². The fraction of sp³-hybridized carbons (Fsp3) is 0.533. The molecule has 0 radical (unpaired) electrons. The third kappa shape index (κ3) is 2.62. The van der Waals surface area contributed by atoms with E-state index in [9.17, 15) is 4.39 Å². The van der Waals surface area contributed by atoms with Crippen LogP contribution in [0.4, 0.5) is 4.39 Å². The number of nitrogens with one attached hydrogen (secondary N) is 2. The Morgan fingerprint density at radius 3 is 2.80 bits per heavy atom. The highest BCUT2D eigenvalue weighted by Crippen LogP contribution is 2.43. The summed E-state index contributed by atoms with van der Waals surface area (Å²) in [6.45, 7) is 2.52. The summed E-state index contributed by atoms with van der Waals surface area (Å²) in [4.78, 5) is 4.36. The van der Waals surface area contributed by atoms with Gasteiger partial charge >= 0.3 is 0 Å². The van der Waals surface area contributed by atoms with Crippen molar-refractivity contribution in [2.75, 3.05) is 19.6 Å². The van der Waals surface area contributed by atoms with Crippen LogP contribution in [0.15, 0.2) is 23.2 Å². The molecule has 0 saturated heterocycles. The predicted molar refractivity (Wildman–Crippen MR) is 79.9 cm³/mol. The summed E-state index contributed by atoms with van der Waals surface area (Å²) in [5.74, 6) is 0.594. The zero-order valence-corrected chi connectivity index (χ0v) is 12.1. The first-order valence-corrected chi connectivity index (χ1v) is 7.55. The van der Waals surface area contributed by atoms with E-state index in [-0.39, 0.29) is 11.2 Å². The summed E-state index contributed by atoms with van der Waals surface area (Å²) in [6, 6.07) is 4.77. The molecule has 0 atom stereocenters. The highest BCUT2D eigenvalue weighted by molar-refractivity contribution is 6.31. The lowest BCUT2D eigenvalue weighted by molar-refractivity contribution is 0.432. The van der Waals surface area contributed by atoms with Gasteiger partial charge in [-0.1, -0.05) is 30.5 Å². The number of guanidine groups is 1. The van der Waals surface area contributed by atoms with Crippen LogP contribution in [0.5, 0.6) is 0 Å². The molecule has 1 heterocycles. The number of rotatable bonds is 3. The minimum atomic E-state index is -0.276. The molecule has 1 saturated carbocycles. The van der Waals surface area contributed by atoms with Crippen molar-refractivity contribution in [3.63, 3.8) is 0 Å². The molecule has 1 aromatic rings. The van der Waals surface area contributed by atoms with Gasteiger partial charge in [0.25, 0.3) is 0 Å². The molecule has 0 spiro atoms. The molecule has 0 bridgehead atoms. The van der Waals surface area contributed by atoms with E-state index in [0.717, 1.165) is 44.0 Å². The maximum atomic E-state index is 13.3. The topological polar surface area (TPSA) is 36.4 Å². The second-order valence-corrected chi connectivity index (χ2v) is 6.03. The Kier molecular flexibility index (Phi) is 3.83. The first-order valence-electron chi connectivity index (χ1n) is 7.17. The Labute approximate surface area is 123 Å². The van der Waals surface area contributed by atoms with Gasteiger partial charge in [-0.3, -0.25) is 4.99 Å². The average molecular weight is 296 g/mol. The summed E-state index contributed by atoms with van der Waals surface area (Å²) in [6.07, 6.45) is 4.54. The first kappa shape index (κ1) is 13.7. The van der Waals surface area contributed by atoms with Gasteiger partial charge in [-0.15, -0.1) is 0 Å². The smallest absolute Gasteiger partial charge is 0.191 e. The number of hydrogen-bond acceptors (Lipinski definition) is 3. The van der Waals surface area contributed by atoms with Crippen LogP contribution in [0.1, 0.15) is 31.2 Å². The van der Waals surface area contributed by atoms with E-state index in [1.807, 2.05) is 6.07 Å². The number of benzene rings is 1. The molecule has 3 nitrogen and oxygen atoms in total. The van der Waals surface area contributed by atoms with E-state index >= 15 is 0 Å². The Hall–Kier alpha value is -1.29. The number of hydrogen-bond donors (Lipinski definition) is 2. The lowest BCUT2D eigenvalue weighted by Crippen LogP contribution is -2.43. The van der Waals surface area contributed by atoms with Gasteiger partial charge in [0.15, 0.2) is 5.96 Å². The highest BCUT2D eigenvalue weighted by Gasteiger charge is 2.37. The summed E-state index contributed by atoms with van der Waals surface area (Å²) in [5.41, 5.74) is 1.06. The van der Waals surface area contributed by atoms with Crippen LogP contribution in [0.25, 0.3) is 0 Å². The van der Waals surface area contributed by atoms with Gasteiger partial charge in [-0.05, 0) is 30.5 Å². The maximum Gasteiger partial charge on any atom is 0.191 e. The van der Waals surface area contributed by atoms with Gasteiger partial charge < -0.3 is 10.6 Å². The summed E-state index contributed by atoms with van der Waals surface area (Å²) in [5, 5.41) is 7.15. The largest absolute Gasteiger partial charge is 0.356 e. The van der Waals surface area contributed by atoms with Crippen molar-refractivity contribution >= 4 is 17.6 Å². The standard InChI is InChI=1S/C15H19ClFN3/c16-13-9-11(17)3-4-12(13)15(5-1-2-6-15)10-20-14-18-7-8-19-14/h3-4,9H,1-2,5-8,10H2,(H2,18,19,20). The zero-order valence-electron chi connectivity index (χ0n) is 11.4. The van der Waals surface area contributed by atoms with Crippen LogP contribution in [-0.4, -0.2) is 25.6 Å². The van der Waals surface area contributed by atoms with Crippen LogP contribution >= 0.6 is 11.6 Å². The molecule has 1 fully saturated rings. The molecule has 20 heavy (non-hydrogen) atoms. The molecule has 2 N–H and O–H groups in total. The molecule has 2 aliphatic rings. The Morgan fingerprint density at radius 2 is 2.15 bits per heavy atom. The average Bonchev–Trinajstić information content (AvgIpc) is 3.08.